The number of rotatable bonds is 4. The standard InChI is InChI=1S/C16H24N4O2/c17-16(5-1-2-6-16)15(21)19-12-13-4-3-7-18-14(13)20-8-10-22-11-9-20/h3-4,7H,1-2,5-6,8-12,17H2,(H,19,21). The highest BCUT2D eigenvalue weighted by atomic mass is 16.5. The average Bonchev–Trinajstić information content (AvgIpc) is 3.02. The minimum atomic E-state index is -0.679. The predicted molar refractivity (Wildman–Crippen MR) is 84.5 cm³/mol. The molecule has 1 aromatic rings. The lowest BCUT2D eigenvalue weighted by molar-refractivity contribution is -0.126. The first-order chi connectivity index (χ1) is 10.7. The van der Waals surface area contributed by atoms with Crippen LogP contribution < -0.4 is 16.0 Å². The van der Waals surface area contributed by atoms with Crippen molar-refractivity contribution in [2.45, 2.75) is 37.8 Å². The molecule has 1 amide bonds. The maximum Gasteiger partial charge on any atom is 0.240 e. The summed E-state index contributed by atoms with van der Waals surface area (Å²) in [4.78, 5) is 19.0. The Morgan fingerprint density at radius 3 is 2.82 bits per heavy atom. The lowest BCUT2D eigenvalue weighted by Gasteiger charge is -2.29. The van der Waals surface area contributed by atoms with E-state index >= 15 is 0 Å². The van der Waals surface area contributed by atoms with Crippen molar-refractivity contribution < 1.29 is 9.53 Å². The molecule has 1 aliphatic carbocycles. The third-order valence-electron chi connectivity index (χ3n) is 4.57. The maximum atomic E-state index is 12.3. The number of pyridine rings is 1. The van der Waals surface area contributed by atoms with E-state index in [1.807, 2.05) is 12.1 Å². The molecule has 2 heterocycles. The van der Waals surface area contributed by atoms with Crippen LogP contribution in [0.4, 0.5) is 5.82 Å². The zero-order chi connectivity index (χ0) is 15.4. The summed E-state index contributed by atoms with van der Waals surface area (Å²) in [6.07, 6.45) is 5.42. The van der Waals surface area contributed by atoms with E-state index in [1.54, 1.807) is 6.20 Å². The van der Waals surface area contributed by atoms with Gasteiger partial charge in [-0.3, -0.25) is 4.79 Å². The predicted octanol–water partition coefficient (Wildman–Crippen LogP) is 0.806. The van der Waals surface area contributed by atoms with Crippen LogP contribution in [0.25, 0.3) is 0 Å². The van der Waals surface area contributed by atoms with E-state index in [9.17, 15) is 4.79 Å². The average molecular weight is 304 g/mol. The minimum Gasteiger partial charge on any atom is -0.378 e. The van der Waals surface area contributed by atoms with Crippen molar-refractivity contribution in [3.05, 3.63) is 23.9 Å². The van der Waals surface area contributed by atoms with Crippen LogP contribution >= 0.6 is 0 Å². The van der Waals surface area contributed by atoms with Gasteiger partial charge in [0.25, 0.3) is 0 Å². The Bertz CT molecular complexity index is 523. The van der Waals surface area contributed by atoms with E-state index < -0.39 is 5.54 Å². The molecule has 6 heteroatoms. The summed E-state index contributed by atoms with van der Waals surface area (Å²) in [6, 6.07) is 3.91. The van der Waals surface area contributed by atoms with E-state index in [0.29, 0.717) is 19.8 Å². The normalized spacial score (nSPS) is 20.9. The molecule has 0 bridgehead atoms. The second kappa shape index (κ2) is 6.62. The van der Waals surface area contributed by atoms with Gasteiger partial charge in [-0.05, 0) is 18.9 Å². The molecule has 0 aromatic carbocycles. The topological polar surface area (TPSA) is 80.5 Å². The van der Waals surface area contributed by atoms with Gasteiger partial charge in [0, 0.05) is 31.4 Å². The number of nitrogens with two attached hydrogens (primary N) is 1. The first-order valence-corrected chi connectivity index (χ1v) is 8.03. The first-order valence-electron chi connectivity index (χ1n) is 8.03. The van der Waals surface area contributed by atoms with Crippen molar-refractivity contribution in [3.63, 3.8) is 0 Å². The zero-order valence-corrected chi connectivity index (χ0v) is 12.9. The Kier molecular flexibility index (Phi) is 4.59. The quantitative estimate of drug-likeness (QED) is 0.860. The SMILES string of the molecule is NC1(C(=O)NCc2cccnc2N2CCOCC2)CCCC1. The van der Waals surface area contributed by atoms with E-state index in [4.69, 9.17) is 10.5 Å². The summed E-state index contributed by atoms with van der Waals surface area (Å²) >= 11 is 0. The Labute approximate surface area is 131 Å². The molecular weight excluding hydrogens is 280 g/mol. The van der Waals surface area contributed by atoms with Crippen molar-refractivity contribution in [2.24, 2.45) is 5.73 Å². The van der Waals surface area contributed by atoms with Gasteiger partial charge in [0.2, 0.25) is 5.91 Å². The van der Waals surface area contributed by atoms with Gasteiger partial charge in [-0.25, -0.2) is 4.98 Å². The molecule has 0 radical (unpaired) electrons. The lowest BCUT2D eigenvalue weighted by atomic mass is 9.98. The fourth-order valence-electron chi connectivity index (χ4n) is 3.21. The molecule has 0 unspecified atom stereocenters. The lowest BCUT2D eigenvalue weighted by Crippen LogP contribution is -2.51. The summed E-state index contributed by atoms with van der Waals surface area (Å²) in [5.74, 6) is 0.894. The Morgan fingerprint density at radius 1 is 1.36 bits per heavy atom. The molecule has 1 saturated heterocycles. The monoisotopic (exact) mass is 304 g/mol. The number of morpholine rings is 1. The molecular formula is C16H24N4O2. The molecule has 0 spiro atoms. The second-order valence-corrected chi connectivity index (χ2v) is 6.13. The number of hydrogen-bond acceptors (Lipinski definition) is 5. The molecule has 1 aromatic heterocycles. The van der Waals surface area contributed by atoms with E-state index in [1.165, 1.54) is 0 Å². The van der Waals surface area contributed by atoms with Gasteiger partial charge in [0.1, 0.15) is 5.82 Å². The number of carbonyl (C=O) groups is 1. The smallest absolute Gasteiger partial charge is 0.240 e. The fourth-order valence-corrected chi connectivity index (χ4v) is 3.21. The van der Waals surface area contributed by atoms with Gasteiger partial charge in [-0.2, -0.15) is 0 Å². The first kappa shape index (κ1) is 15.2. The van der Waals surface area contributed by atoms with Crippen molar-refractivity contribution in [1.82, 2.24) is 10.3 Å². The molecule has 3 N–H and O–H groups in total. The summed E-state index contributed by atoms with van der Waals surface area (Å²) < 4.78 is 5.38. The van der Waals surface area contributed by atoms with E-state index in [2.05, 4.69) is 15.2 Å². The highest BCUT2D eigenvalue weighted by Crippen LogP contribution is 2.27. The molecule has 22 heavy (non-hydrogen) atoms. The summed E-state index contributed by atoms with van der Waals surface area (Å²) in [7, 11) is 0. The number of ether oxygens (including phenoxy) is 1. The number of hydrogen-bond donors (Lipinski definition) is 2. The Morgan fingerprint density at radius 2 is 2.09 bits per heavy atom. The van der Waals surface area contributed by atoms with Crippen LogP contribution in [0.3, 0.4) is 0 Å². The molecule has 0 atom stereocenters. The van der Waals surface area contributed by atoms with Crippen LogP contribution in [0, 0.1) is 0 Å². The number of amides is 1. The molecule has 120 valence electrons. The fraction of sp³-hybridized carbons (Fsp3) is 0.625. The third kappa shape index (κ3) is 3.23. The number of nitrogens with zero attached hydrogens (tertiary/aromatic N) is 2. The summed E-state index contributed by atoms with van der Waals surface area (Å²) in [5, 5.41) is 3.00. The Balaban J connectivity index is 1.66. The third-order valence-corrected chi connectivity index (χ3v) is 4.57. The van der Waals surface area contributed by atoms with Gasteiger partial charge in [-0.15, -0.1) is 0 Å². The highest BCUT2D eigenvalue weighted by Gasteiger charge is 2.36. The second-order valence-electron chi connectivity index (χ2n) is 6.13. The highest BCUT2D eigenvalue weighted by molar-refractivity contribution is 5.86. The van der Waals surface area contributed by atoms with Crippen molar-refractivity contribution >= 4 is 11.7 Å². The number of anilines is 1. The van der Waals surface area contributed by atoms with Gasteiger partial charge in [-0.1, -0.05) is 18.9 Å². The molecule has 1 aliphatic heterocycles. The van der Waals surface area contributed by atoms with Crippen LogP contribution in [-0.4, -0.2) is 42.7 Å². The summed E-state index contributed by atoms with van der Waals surface area (Å²) in [6.45, 7) is 3.57. The van der Waals surface area contributed by atoms with E-state index in [0.717, 1.165) is 50.2 Å². The van der Waals surface area contributed by atoms with Gasteiger partial charge in [0.15, 0.2) is 0 Å². The number of nitrogens with one attached hydrogen (secondary N) is 1. The largest absolute Gasteiger partial charge is 0.378 e. The number of carbonyl (C=O) groups excluding carboxylic acids is 1. The number of aromatic nitrogens is 1. The minimum absolute atomic E-state index is 0.0400. The Hall–Kier alpha value is -1.66. The van der Waals surface area contributed by atoms with Crippen LogP contribution in [-0.2, 0) is 16.1 Å². The van der Waals surface area contributed by atoms with Crippen LogP contribution in [0.5, 0.6) is 0 Å². The van der Waals surface area contributed by atoms with Crippen LogP contribution in [0.2, 0.25) is 0 Å². The summed E-state index contributed by atoms with van der Waals surface area (Å²) in [5.41, 5.74) is 6.54. The van der Waals surface area contributed by atoms with Crippen molar-refractivity contribution in [3.8, 4) is 0 Å². The molecule has 1 saturated carbocycles. The molecule has 2 fully saturated rings. The van der Waals surface area contributed by atoms with Crippen LogP contribution in [0.15, 0.2) is 18.3 Å². The molecule has 3 rings (SSSR count). The maximum absolute atomic E-state index is 12.3. The van der Waals surface area contributed by atoms with Crippen LogP contribution in [0.1, 0.15) is 31.2 Å². The van der Waals surface area contributed by atoms with Crippen molar-refractivity contribution in [2.75, 3.05) is 31.2 Å². The van der Waals surface area contributed by atoms with Crippen molar-refractivity contribution in [1.29, 1.82) is 0 Å². The van der Waals surface area contributed by atoms with E-state index in [-0.39, 0.29) is 5.91 Å². The molecule has 2 aliphatic rings. The molecule has 6 nitrogen and oxygen atoms in total. The van der Waals surface area contributed by atoms with Gasteiger partial charge >= 0.3 is 0 Å². The van der Waals surface area contributed by atoms with Gasteiger partial charge in [0.05, 0.1) is 18.8 Å². The van der Waals surface area contributed by atoms with Gasteiger partial charge < -0.3 is 20.7 Å². The zero-order valence-electron chi connectivity index (χ0n) is 12.9.